The van der Waals surface area contributed by atoms with Crippen molar-refractivity contribution >= 4 is 17.8 Å². The molecule has 4 amide bonds. The molecule has 3 fully saturated rings. The summed E-state index contributed by atoms with van der Waals surface area (Å²) in [5.74, 6) is 0.672. The molecule has 0 radical (unpaired) electrons. The van der Waals surface area contributed by atoms with Crippen LogP contribution < -0.4 is 11.1 Å². The first-order chi connectivity index (χ1) is 13.2. The van der Waals surface area contributed by atoms with Gasteiger partial charge in [-0.05, 0) is 62.3 Å². The molecule has 0 bridgehead atoms. The van der Waals surface area contributed by atoms with Crippen molar-refractivity contribution in [2.24, 2.45) is 23.0 Å². The van der Waals surface area contributed by atoms with Crippen molar-refractivity contribution < 1.29 is 14.4 Å². The number of piperidine rings is 1. The van der Waals surface area contributed by atoms with E-state index in [1.807, 2.05) is 0 Å². The molecule has 2 saturated heterocycles. The SMILES string of the molecule is CCC(C)(C)C1CCC2(CC1)NC(=O)N(CC(=O)N1CCC(CN)CC1)C2=O. The Balaban J connectivity index is 1.59. The summed E-state index contributed by atoms with van der Waals surface area (Å²) >= 11 is 0. The summed E-state index contributed by atoms with van der Waals surface area (Å²) < 4.78 is 0. The van der Waals surface area contributed by atoms with Crippen molar-refractivity contribution in [1.82, 2.24) is 15.1 Å². The number of amides is 4. The van der Waals surface area contributed by atoms with E-state index in [0.717, 1.165) is 37.0 Å². The summed E-state index contributed by atoms with van der Waals surface area (Å²) in [6.07, 6.45) is 6.08. The minimum Gasteiger partial charge on any atom is -0.341 e. The number of imide groups is 1. The standard InChI is InChI=1S/C21H36N4O3/c1-4-20(2,3)16-5-9-21(10-6-16)18(27)25(19(28)23-21)14-17(26)24-11-7-15(13-22)8-12-24/h15-16H,4-14,22H2,1-3H3,(H,23,28). The Kier molecular flexibility index (Phi) is 6.03. The van der Waals surface area contributed by atoms with E-state index in [4.69, 9.17) is 5.73 Å². The Morgan fingerprint density at radius 3 is 2.32 bits per heavy atom. The molecular weight excluding hydrogens is 356 g/mol. The highest BCUT2D eigenvalue weighted by molar-refractivity contribution is 6.09. The average Bonchev–Trinajstić information content (AvgIpc) is 2.92. The van der Waals surface area contributed by atoms with Crippen LogP contribution in [0.5, 0.6) is 0 Å². The van der Waals surface area contributed by atoms with E-state index in [9.17, 15) is 14.4 Å². The Morgan fingerprint density at radius 2 is 1.79 bits per heavy atom. The molecular formula is C21H36N4O3. The lowest BCUT2D eigenvalue weighted by Crippen LogP contribution is -2.51. The molecule has 3 N–H and O–H groups in total. The van der Waals surface area contributed by atoms with Gasteiger partial charge in [0.2, 0.25) is 5.91 Å². The number of rotatable bonds is 5. The zero-order chi connectivity index (χ0) is 20.5. The number of hydrogen-bond acceptors (Lipinski definition) is 4. The van der Waals surface area contributed by atoms with Gasteiger partial charge in [0, 0.05) is 13.1 Å². The van der Waals surface area contributed by atoms with Crippen LogP contribution >= 0.6 is 0 Å². The lowest BCUT2D eigenvalue weighted by atomic mass is 9.65. The van der Waals surface area contributed by atoms with Crippen molar-refractivity contribution in [2.75, 3.05) is 26.2 Å². The maximum atomic E-state index is 13.1. The topological polar surface area (TPSA) is 95.7 Å². The number of nitrogens with one attached hydrogen (secondary N) is 1. The predicted molar refractivity (Wildman–Crippen MR) is 107 cm³/mol. The zero-order valence-corrected chi connectivity index (χ0v) is 17.6. The fraction of sp³-hybridized carbons (Fsp3) is 0.857. The first kappa shape index (κ1) is 21.1. The van der Waals surface area contributed by atoms with Crippen molar-refractivity contribution in [3.8, 4) is 0 Å². The number of carbonyl (C=O) groups is 3. The van der Waals surface area contributed by atoms with Crippen LogP contribution in [0, 0.1) is 17.3 Å². The van der Waals surface area contributed by atoms with Crippen molar-refractivity contribution in [1.29, 1.82) is 0 Å². The highest BCUT2D eigenvalue weighted by Gasteiger charge is 2.53. The van der Waals surface area contributed by atoms with E-state index in [1.54, 1.807) is 4.90 Å². The Morgan fingerprint density at radius 1 is 1.18 bits per heavy atom. The van der Waals surface area contributed by atoms with E-state index in [0.29, 0.717) is 44.3 Å². The van der Waals surface area contributed by atoms with Crippen molar-refractivity contribution in [3.63, 3.8) is 0 Å². The van der Waals surface area contributed by atoms with Gasteiger partial charge in [-0.15, -0.1) is 0 Å². The smallest absolute Gasteiger partial charge is 0.325 e. The Bertz CT molecular complexity index is 617. The third-order valence-electron chi connectivity index (χ3n) is 7.70. The molecule has 2 aliphatic heterocycles. The summed E-state index contributed by atoms with van der Waals surface area (Å²) in [6, 6.07) is -0.414. The van der Waals surface area contributed by atoms with Crippen LogP contribution in [0.3, 0.4) is 0 Å². The molecule has 1 saturated carbocycles. The lowest BCUT2D eigenvalue weighted by Gasteiger charge is -2.42. The van der Waals surface area contributed by atoms with Crippen LogP contribution in [0.1, 0.15) is 65.7 Å². The maximum absolute atomic E-state index is 13.1. The maximum Gasteiger partial charge on any atom is 0.325 e. The van der Waals surface area contributed by atoms with Crippen molar-refractivity contribution in [3.05, 3.63) is 0 Å². The van der Waals surface area contributed by atoms with Crippen LogP contribution in [0.4, 0.5) is 4.79 Å². The molecule has 0 aromatic rings. The predicted octanol–water partition coefficient (Wildman–Crippen LogP) is 2.10. The minimum atomic E-state index is -0.801. The Labute approximate surface area is 168 Å². The first-order valence-corrected chi connectivity index (χ1v) is 10.8. The van der Waals surface area contributed by atoms with Gasteiger partial charge in [-0.2, -0.15) is 0 Å². The van der Waals surface area contributed by atoms with E-state index >= 15 is 0 Å². The minimum absolute atomic E-state index is 0.142. The summed E-state index contributed by atoms with van der Waals surface area (Å²) in [5.41, 5.74) is 5.16. The van der Waals surface area contributed by atoms with E-state index < -0.39 is 11.6 Å². The quantitative estimate of drug-likeness (QED) is 0.701. The third-order valence-corrected chi connectivity index (χ3v) is 7.70. The number of likely N-dealkylation sites (tertiary alicyclic amines) is 1. The lowest BCUT2D eigenvalue weighted by molar-refractivity contribution is -0.140. The molecule has 158 valence electrons. The number of urea groups is 1. The number of nitrogens with zero attached hydrogens (tertiary/aromatic N) is 2. The van der Waals surface area contributed by atoms with Crippen LogP contribution in [0.25, 0.3) is 0 Å². The molecule has 2 heterocycles. The van der Waals surface area contributed by atoms with Gasteiger partial charge in [-0.1, -0.05) is 27.2 Å². The second-order valence-electron chi connectivity index (χ2n) is 9.58. The molecule has 7 heteroatoms. The van der Waals surface area contributed by atoms with Crippen LogP contribution in [-0.2, 0) is 9.59 Å². The monoisotopic (exact) mass is 392 g/mol. The van der Waals surface area contributed by atoms with Gasteiger partial charge in [0.05, 0.1) is 0 Å². The molecule has 3 aliphatic rings. The van der Waals surface area contributed by atoms with E-state index in [1.165, 1.54) is 0 Å². The normalized spacial score (nSPS) is 29.5. The van der Waals surface area contributed by atoms with Crippen LogP contribution in [0.15, 0.2) is 0 Å². The highest BCUT2D eigenvalue weighted by Crippen LogP contribution is 2.45. The molecule has 1 spiro atoms. The summed E-state index contributed by atoms with van der Waals surface area (Å²) in [7, 11) is 0. The van der Waals surface area contributed by atoms with Gasteiger partial charge in [0.1, 0.15) is 12.1 Å². The first-order valence-electron chi connectivity index (χ1n) is 10.8. The van der Waals surface area contributed by atoms with Gasteiger partial charge < -0.3 is 16.0 Å². The third kappa shape index (κ3) is 3.91. The summed E-state index contributed by atoms with van der Waals surface area (Å²) in [6.45, 7) is 8.58. The fourth-order valence-electron chi connectivity index (χ4n) is 4.99. The van der Waals surface area contributed by atoms with Gasteiger partial charge in [0.25, 0.3) is 5.91 Å². The second-order valence-corrected chi connectivity index (χ2v) is 9.58. The average molecular weight is 393 g/mol. The molecule has 7 nitrogen and oxygen atoms in total. The molecule has 1 aliphatic carbocycles. The second kappa shape index (κ2) is 8.01. The van der Waals surface area contributed by atoms with Gasteiger partial charge in [-0.25, -0.2) is 4.79 Å². The van der Waals surface area contributed by atoms with E-state index in [-0.39, 0.29) is 23.8 Å². The molecule has 0 aromatic heterocycles. The number of hydrogen-bond donors (Lipinski definition) is 2. The van der Waals surface area contributed by atoms with Gasteiger partial charge in [0.15, 0.2) is 0 Å². The van der Waals surface area contributed by atoms with Crippen molar-refractivity contribution in [2.45, 2.75) is 71.3 Å². The largest absolute Gasteiger partial charge is 0.341 e. The van der Waals surface area contributed by atoms with Gasteiger partial charge in [-0.3, -0.25) is 14.5 Å². The summed E-state index contributed by atoms with van der Waals surface area (Å²) in [4.78, 5) is 41.2. The van der Waals surface area contributed by atoms with E-state index in [2.05, 4.69) is 26.1 Å². The number of nitrogens with two attached hydrogens (primary N) is 1. The Hall–Kier alpha value is -1.63. The molecule has 3 rings (SSSR count). The molecule has 28 heavy (non-hydrogen) atoms. The molecule has 0 aromatic carbocycles. The molecule has 0 atom stereocenters. The zero-order valence-electron chi connectivity index (χ0n) is 17.6. The number of carbonyl (C=O) groups excluding carboxylic acids is 3. The van der Waals surface area contributed by atoms with Crippen LogP contribution in [-0.4, -0.2) is 59.4 Å². The fourth-order valence-corrected chi connectivity index (χ4v) is 4.99. The van der Waals surface area contributed by atoms with Gasteiger partial charge >= 0.3 is 6.03 Å². The highest BCUT2D eigenvalue weighted by atomic mass is 16.2. The van der Waals surface area contributed by atoms with Crippen LogP contribution in [0.2, 0.25) is 0 Å². The summed E-state index contributed by atoms with van der Waals surface area (Å²) in [5, 5.41) is 2.93. The molecule has 0 unspecified atom stereocenters.